The first-order chi connectivity index (χ1) is 11.1. The lowest BCUT2D eigenvalue weighted by atomic mass is 9.94. The molecule has 0 amide bonds. The van der Waals surface area contributed by atoms with Gasteiger partial charge in [0.1, 0.15) is 11.9 Å². The van der Waals surface area contributed by atoms with Gasteiger partial charge in [0, 0.05) is 12.1 Å². The Morgan fingerprint density at radius 2 is 2.04 bits per heavy atom. The molecule has 120 valence electrons. The van der Waals surface area contributed by atoms with Crippen molar-refractivity contribution in [2.75, 3.05) is 6.54 Å². The van der Waals surface area contributed by atoms with E-state index in [2.05, 4.69) is 0 Å². The first-order valence-corrected chi connectivity index (χ1v) is 7.87. The summed E-state index contributed by atoms with van der Waals surface area (Å²) >= 11 is 0. The third kappa shape index (κ3) is 3.13. The molecule has 2 unspecified atom stereocenters. The van der Waals surface area contributed by atoms with Crippen LogP contribution in [0.2, 0.25) is 0 Å². The van der Waals surface area contributed by atoms with E-state index < -0.39 is 12.0 Å². The first-order valence-electron chi connectivity index (χ1n) is 7.87. The van der Waals surface area contributed by atoms with E-state index in [-0.39, 0.29) is 11.9 Å². The summed E-state index contributed by atoms with van der Waals surface area (Å²) in [6, 6.07) is 13.6. The summed E-state index contributed by atoms with van der Waals surface area (Å²) in [6.07, 6.45) is 1.42. The zero-order valence-electron chi connectivity index (χ0n) is 13.1. The number of carboxylic acid groups (broad SMARTS) is 1. The number of rotatable bonds is 4. The van der Waals surface area contributed by atoms with E-state index in [4.69, 9.17) is 0 Å². The van der Waals surface area contributed by atoms with Crippen LogP contribution >= 0.6 is 0 Å². The average Bonchev–Trinajstić information content (AvgIpc) is 2.99. The lowest BCUT2D eigenvalue weighted by molar-refractivity contribution is -0.142. The summed E-state index contributed by atoms with van der Waals surface area (Å²) in [5, 5.41) is 9.51. The summed E-state index contributed by atoms with van der Waals surface area (Å²) in [5.74, 6) is -1.13. The summed E-state index contributed by atoms with van der Waals surface area (Å²) < 4.78 is 14.4. The Morgan fingerprint density at radius 3 is 2.74 bits per heavy atom. The minimum atomic E-state index is -0.837. The smallest absolute Gasteiger partial charge is 0.320 e. The van der Waals surface area contributed by atoms with Gasteiger partial charge in [-0.15, -0.1) is 0 Å². The molecule has 0 aromatic heterocycles. The van der Waals surface area contributed by atoms with E-state index in [1.165, 1.54) is 6.07 Å². The topological polar surface area (TPSA) is 40.5 Å². The molecule has 1 heterocycles. The number of carbonyl (C=O) groups is 1. The number of nitrogens with zero attached hydrogens (tertiary/aromatic N) is 1. The molecule has 1 aliphatic heterocycles. The molecule has 3 rings (SSSR count). The van der Waals surface area contributed by atoms with Crippen LogP contribution in [-0.4, -0.2) is 28.6 Å². The Hall–Kier alpha value is -2.20. The zero-order chi connectivity index (χ0) is 16.4. The van der Waals surface area contributed by atoms with Crippen molar-refractivity contribution >= 4 is 5.97 Å². The number of halogens is 1. The van der Waals surface area contributed by atoms with Gasteiger partial charge in [0.05, 0.1) is 6.04 Å². The molecule has 1 fully saturated rings. The highest BCUT2D eigenvalue weighted by Crippen LogP contribution is 2.36. The SMILES string of the molecule is Cc1cccc(C(c2ccccc2F)N2CCCC2C(=O)O)c1. The van der Waals surface area contributed by atoms with E-state index in [0.717, 1.165) is 17.5 Å². The van der Waals surface area contributed by atoms with Gasteiger partial charge in [-0.2, -0.15) is 0 Å². The van der Waals surface area contributed by atoms with Gasteiger partial charge in [-0.1, -0.05) is 48.0 Å². The van der Waals surface area contributed by atoms with Crippen LogP contribution in [0.1, 0.15) is 35.6 Å². The largest absolute Gasteiger partial charge is 0.480 e. The maximum atomic E-state index is 14.4. The summed E-state index contributed by atoms with van der Waals surface area (Å²) in [4.78, 5) is 13.5. The number of likely N-dealkylation sites (tertiary alicyclic amines) is 1. The van der Waals surface area contributed by atoms with Gasteiger partial charge in [0.15, 0.2) is 0 Å². The predicted octanol–water partition coefficient (Wildman–Crippen LogP) is 3.77. The predicted molar refractivity (Wildman–Crippen MR) is 86.8 cm³/mol. The van der Waals surface area contributed by atoms with Crippen LogP contribution in [0.25, 0.3) is 0 Å². The second kappa shape index (κ2) is 6.50. The minimum absolute atomic E-state index is 0.296. The van der Waals surface area contributed by atoms with Gasteiger partial charge >= 0.3 is 5.97 Å². The Bertz CT molecular complexity index is 716. The second-order valence-corrected chi connectivity index (χ2v) is 6.07. The van der Waals surface area contributed by atoms with Crippen LogP contribution in [0.4, 0.5) is 4.39 Å². The Balaban J connectivity index is 2.11. The molecule has 0 radical (unpaired) electrons. The van der Waals surface area contributed by atoms with E-state index in [1.54, 1.807) is 18.2 Å². The molecule has 1 saturated heterocycles. The van der Waals surface area contributed by atoms with Crippen LogP contribution in [0.5, 0.6) is 0 Å². The van der Waals surface area contributed by atoms with Crippen molar-refractivity contribution in [3.8, 4) is 0 Å². The van der Waals surface area contributed by atoms with Gasteiger partial charge in [0.25, 0.3) is 0 Å². The molecule has 0 bridgehead atoms. The Morgan fingerprint density at radius 1 is 1.26 bits per heavy atom. The summed E-state index contributed by atoms with van der Waals surface area (Å²) in [7, 11) is 0. The van der Waals surface area contributed by atoms with Crippen LogP contribution in [0.3, 0.4) is 0 Å². The highest BCUT2D eigenvalue weighted by molar-refractivity contribution is 5.74. The molecule has 3 nitrogen and oxygen atoms in total. The molecule has 2 aromatic rings. The van der Waals surface area contributed by atoms with E-state index in [0.29, 0.717) is 18.5 Å². The van der Waals surface area contributed by atoms with Crippen LogP contribution in [0.15, 0.2) is 48.5 Å². The average molecular weight is 313 g/mol. The standard InChI is InChI=1S/C19H20FNO2/c1-13-6-4-7-14(12-13)18(15-8-2-3-9-16(15)20)21-11-5-10-17(21)19(22)23/h2-4,6-9,12,17-18H,5,10-11H2,1H3,(H,22,23). The van der Waals surface area contributed by atoms with E-state index in [1.807, 2.05) is 36.1 Å². The fourth-order valence-corrected chi connectivity index (χ4v) is 3.45. The Kier molecular flexibility index (Phi) is 4.44. The number of aryl methyl sites for hydroxylation is 1. The lowest BCUT2D eigenvalue weighted by Crippen LogP contribution is -2.39. The summed E-state index contributed by atoms with van der Waals surface area (Å²) in [5.41, 5.74) is 2.55. The Labute approximate surface area is 135 Å². The third-order valence-electron chi connectivity index (χ3n) is 4.47. The molecule has 0 spiro atoms. The monoisotopic (exact) mass is 313 g/mol. The fraction of sp³-hybridized carbons (Fsp3) is 0.316. The molecule has 1 N–H and O–H groups in total. The molecule has 23 heavy (non-hydrogen) atoms. The van der Waals surface area contributed by atoms with Crippen molar-refractivity contribution < 1.29 is 14.3 Å². The van der Waals surface area contributed by atoms with Crippen LogP contribution < -0.4 is 0 Å². The van der Waals surface area contributed by atoms with Crippen molar-refractivity contribution in [1.82, 2.24) is 4.90 Å². The van der Waals surface area contributed by atoms with E-state index >= 15 is 0 Å². The quantitative estimate of drug-likeness (QED) is 0.934. The maximum absolute atomic E-state index is 14.4. The molecule has 2 aromatic carbocycles. The van der Waals surface area contributed by atoms with Gasteiger partial charge in [-0.05, 0) is 31.4 Å². The molecule has 0 saturated carbocycles. The molecule has 1 aliphatic rings. The maximum Gasteiger partial charge on any atom is 0.320 e. The van der Waals surface area contributed by atoms with Gasteiger partial charge in [-0.3, -0.25) is 9.69 Å². The number of hydrogen-bond acceptors (Lipinski definition) is 2. The fourth-order valence-electron chi connectivity index (χ4n) is 3.45. The number of carboxylic acids is 1. The molecular weight excluding hydrogens is 293 g/mol. The first kappa shape index (κ1) is 15.7. The van der Waals surface area contributed by atoms with Gasteiger partial charge < -0.3 is 5.11 Å². The van der Waals surface area contributed by atoms with Gasteiger partial charge in [0.2, 0.25) is 0 Å². The molecule has 4 heteroatoms. The highest BCUT2D eigenvalue weighted by Gasteiger charge is 2.37. The molecule has 2 atom stereocenters. The number of aliphatic carboxylic acids is 1. The van der Waals surface area contributed by atoms with Crippen molar-refractivity contribution in [3.63, 3.8) is 0 Å². The lowest BCUT2D eigenvalue weighted by Gasteiger charge is -2.32. The van der Waals surface area contributed by atoms with Crippen molar-refractivity contribution in [1.29, 1.82) is 0 Å². The van der Waals surface area contributed by atoms with Crippen LogP contribution in [0, 0.1) is 12.7 Å². The number of hydrogen-bond donors (Lipinski definition) is 1. The van der Waals surface area contributed by atoms with Crippen LogP contribution in [-0.2, 0) is 4.79 Å². The van der Waals surface area contributed by atoms with Gasteiger partial charge in [-0.25, -0.2) is 4.39 Å². The summed E-state index contributed by atoms with van der Waals surface area (Å²) in [6.45, 7) is 2.64. The normalized spacial score (nSPS) is 19.7. The number of benzene rings is 2. The van der Waals surface area contributed by atoms with Crippen molar-refractivity contribution in [2.24, 2.45) is 0 Å². The second-order valence-electron chi connectivity index (χ2n) is 6.07. The van der Waals surface area contributed by atoms with Crippen molar-refractivity contribution in [2.45, 2.75) is 31.8 Å². The molecule has 0 aliphatic carbocycles. The van der Waals surface area contributed by atoms with E-state index in [9.17, 15) is 14.3 Å². The zero-order valence-corrected chi connectivity index (χ0v) is 13.1. The third-order valence-corrected chi connectivity index (χ3v) is 4.47. The molecular formula is C19H20FNO2. The highest BCUT2D eigenvalue weighted by atomic mass is 19.1. The van der Waals surface area contributed by atoms with Crippen molar-refractivity contribution in [3.05, 3.63) is 71.0 Å². The minimum Gasteiger partial charge on any atom is -0.480 e.